The van der Waals surface area contributed by atoms with Crippen molar-refractivity contribution >= 4 is 5.96 Å². The number of nitrogens with zero attached hydrogens (tertiary/aromatic N) is 2. The fraction of sp³-hybridized carbons (Fsp3) is 0.682. The monoisotopic (exact) mass is 372 g/mol. The van der Waals surface area contributed by atoms with Crippen LogP contribution in [0.1, 0.15) is 50.2 Å². The van der Waals surface area contributed by atoms with Crippen LogP contribution in [0, 0.1) is 0 Å². The summed E-state index contributed by atoms with van der Waals surface area (Å²) in [6, 6.07) is 9.68. The number of hydrogen-bond acceptors (Lipinski definition) is 3. The molecule has 5 heteroatoms. The minimum atomic E-state index is 0.261. The SMILES string of the molecule is CN=C(NCCCc1ccc(C(C)C)cc1)NCC1CN2CCCC2CO1. The lowest BCUT2D eigenvalue weighted by atomic mass is 10.0. The number of fused-ring (bicyclic) bond motifs is 1. The molecular formula is C22H36N4O. The Kier molecular flexibility index (Phi) is 7.53. The van der Waals surface area contributed by atoms with Gasteiger partial charge in [-0.2, -0.15) is 0 Å². The number of rotatable bonds is 7. The molecule has 0 radical (unpaired) electrons. The van der Waals surface area contributed by atoms with Gasteiger partial charge < -0.3 is 15.4 Å². The fourth-order valence-corrected chi connectivity index (χ4v) is 4.01. The van der Waals surface area contributed by atoms with Gasteiger partial charge in [-0.3, -0.25) is 9.89 Å². The second-order valence-corrected chi connectivity index (χ2v) is 8.13. The number of guanidine groups is 1. The van der Waals surface area contributed by atoms with Gasteiger partial charge in [-0.25, -0.2) is 0 Å². The van der Waals surface area contributed by atoms with Crippen molar-refractivity contribution < 1.29 is 4.74 Å². The molecule has 2 unspecified atom stereocenters. The highest BCUT2D eigenvalue weighted by Gasteiger charge is 2.32. The summed E-state index contributed by atoms with van der Waals surface area (Å²) in [5.74, 6) is 1.47. The Labute approximate surface area is 164 Å². The van der Waals surface area contributed by atoms with Crippen molar-refractivity contribution in [2.75, 3.05) is 39.8 Å². The first kappa shape index (κ1) is 20.2. The van der Waals surface area contributed by atoms with Gasteiger partial charge in [0.05, 0.1) is 12.7 Å². The van der Waals surface area contributed by atoms with Crippen molar-refractivity contribution in [2.24, 2.45) is 4.99 Å². The normalized spacial score (nSPS) is 23.5. The second-order valence-electron chi connectivity index (χ2n) is 8.13. The van der Waals surface area contributed by atoms with Crippen LogP contribution >= 0.6 is 0 Å². The summed E-state index contributed by atoms with van der Waals surface area (Å²) in [5.41, 5.74) is 2.81. The topological polar surface area (TPSA) is 48.9 Å². The van der Waals surface area contributed by atoms with Crippen LogP contribution in [0.5, 0.6) is 0 Å². The van der Waals surface area contributed by atoms with E-state index in [1.165, 1.54) is 30.5 Å². The van der Waals surface area contributed by atoms with Crippen LogP contribution in [0.4, 0.5) is 0 Å². The first-order chi connectivity index (χ1) is 13.2. The van der Waals surface area contributed by atoms with Gasteiger partial charge in [0, 0.05) is 32.7 Å². The molecule has 2 heterocycles. The number of morpholine rings is 1. The highest BCUT2D eigenvalue weighted by atomic mass is 16.5. The van der Waals surface area contributed by atoms with E-state index in [9.17, 15) is 0 Å². The van der Waals surface area contributed by atoms with E-state index in [-0.39, 0.29) is 6.10 Å². The number of aliphatic imine (C=N–C) groups is 1. The fourth-order valence-electron chi connectivity index (χ4n) is 4.01. The van der Waals surface area contributed by atoms with Crippen LogP contribution in [0.2, 0.25) is 0 Å². The average Bonchev–Trinajstić information content (AvgIpc) is 3.15. The Bertz CT molecular complexity index is 599. The maximum absolute atomic E-state index is 6.01. The summed E-state index contributed by atoms with van der Waals surface area (Å²) < 4.78 is 6.01. The largest absolute Gasteiger partial charge is 0.373 e. The third kappa shape index (κ3) is 5.94. The highest BCUT2D eigenvalue weighted by molar-refractivity contribution is 5.79. The smallest absolute Gasteiger partial charge is 0.191 e. The molecule has 27 heavy (non-hydrogen) atoms. The van der Waals surface area contributed by atoms with Gasteiger partial charge >= 0.3 is 0 Å². The summed E-state index contributed by atoms with van der Waals surface area (Å²) in [4.78, 5) is 6.92. The van der Waals surface area contributed by atoms with Gasteiger partial charge in [0.15, 0.2) is 5.96 Å². The van der Waals surface area contributed by atoms with Crippen LogP contribution in [-0.4, -0.2) is 62.8 Å². The van der Waals surface area contributed by atoms with E-state index in [0.29, 0.717) is 12.0 Å². The van der Waals surface area contributed by atoms with Crippen LogP contribution in [0.25, 0.3) is 0 Å². The zero-order chi connectivity index (χ0) is 19.1. The quantitative estimate of drug-likeness (QED) is 0.439. The molecule has 1 aromatic rings. The van der Waals surface area contributed by atoms with Crippen molar-refractivity contribution in [1.82, 2.24) is 15.5 Å². The third-order valence-electron chi connectivity index (χ3n) is 5.76. The molecule has 2 saturated heterocycles. The second kappa shape index (κ2) is 10.1. The molecule has 150 valence electrons. The van der Waals surface area contributed by atoms with Crippen LogP contribution in [0.15, 0.2) is 29.3 Å². The molecule has 2 aliphatic rings. The van der Waals surface area contributed by atoms with Crippen LogP contribution in [0.3, 0.4) is 0 Å². The summed E-state index contributed by atoms with van der Waals surface area (Å²) in [5, 5.41) is 6.85. The zero-order valence-electron chi connectivity index (χ0n) is 17.2. The summed E-state index contributed by atoms with van der Waals surface area (Å²) >= 11 is 0. The summed E-state index contributed by atoms with van der Waals surface area (Å²) in [7, 11) is 1.83. The minimum absolute atomic E-state index is 0.261. The molecule has 2 atom stereocenters. The van der Waals surface area contributed by atoms with Crippen LogP contribution in [-0.2, 0) is 11.2 Å². The summed E-state index contributed by atoms with van der Waals surface area (Å²) in [6.07, 6.45) is 5.06. The van der Waals surface area contributed by atoms with Gasteiger partial charge in [0.25, 0.3) is 0 Å². The molecule has 0 spiro atoms. The van der Waals surface area contributed by atoms with Gasteiger partial charge in [-0.1, -0.05) is 38.1 Å². The predicted molar refractivity (Wildman–Crippen MR) is 113 cm³/mol. The van der Waals surface area contributed by atoms with Gasteiger partial charge in [0.1, 0.15) is 0 Å². The molecule has 0 bridgehead atoms. The Hall–Kier alpha value is -1.59. The molecule has 5 nitrogen and oxygen atoms in total. The number of benzene rings is 1. The van der Waals surface area contributed by atoms with Crippen molar-refractivity contribution in [3.05, 3.63) is 35.4 Å². The van der Waals surface area contributed by atoms with Gasteiger partial charge in [0.2, 0.25) is 0 Å². The van der Waals surface area contributed by atoms with E-state index < -0.39 is 0 Å². The number of aryl methyl sites for hydroxylation is 1. The number of ether oxygens (including phenoxy) is 1. The Morgan fingerprint density at radius 1 is 1.26 bits per heavy atom. The first-order valence-corrected chi connectivity index (χ1v) is 10.5. The Morgan fingerprint density at radius 3 is 2.81 bits per heavy atom. The molecular weight excluding hydrogens is 336 g/mol. The highest BCUT2D eigenvalue weighted by Crippen LogP contribution is 2.22. The van der Waals surface area contributed by atoms with E-state index >= 15 is 0 Å². The minimum Gasteiger partial charge on any atom is -0.373 e. The van der Waals surface area contributed by atoms with E-state index in [2.05, 4.69) is 58.6 Å². The lowest BCUT2D eigenvalue weighted by molar-refractivity contribution is -0.0453. The Morgan fingerprint density at radius 2 is 2.07 bits per heavy atom. The van der Waals surface area contributed by atoms with Gasteiger partial charge in [-0.15, -0.1) is 0 Å². The van der Waals surface area contributed by atoms with E-state index in [1.807, 2.05) is 7.05 Å². The predicted octanol–water partition coefficient (Wildman–Crippen LogP) is 2.77. The van der Waals surface area contributed by atoms with E-state index in [4.69, 9.17) is 4.74 Å². The maximum Gasteiger partial charge on any atom is 0.191 e. The first-order valence-electron chi connectivity index (χ1n) is 10.5. The number of nitrogens with one attached hydrogen (secondary N) is 2. The standard InChI is InChI=1S/C22H36N4O/c1-17(2)19-10-8-18(9-11-19)6-4-12-24-22(23-3)25-14-21-15-26-13-5-7-20(26)16-27-21/h8-11,17,20-21H,4-7,12-16H2,1-3H3,(H2,23,24,25). The molecule has 0 aromatic heterocycles. The maximum atomic E-state index is 6.01. The lowest BCUT2D eigenvalue weighted by Gasteiger charge is -2.35. The molecule has 3 rings (SSSR count). The van der Waals surface area contributed by atoms with Gasteiger partial charge in [-0.05, 0) is 49.3 Å². The third-order valence-corrected chi connectivity index (χ3v) is 5.76. The van der Waals surface area contributed by atoms with Crippen molar-refractivity contribution in [3.8, 4) is 0 Å². The van der Waals surface area contributed by atoms with Crippen molar-refractivity contribution in [3.63, 3.8) is 0 Å². The molecule has 2 fully saturated rings. The zero-order valence-corrected chi connectivity index (χ0v) is 17.2. The molecule has 0 aliphatic carbocycles. The summed E-state index contributed by atoms with van der Waals surface area (Å²) in [6.45, 7) is 9.37. The molecule has 0 amide bonds. The van der Waals surface area contributed by atoms with Crippen molar-refractivity contribution in [2.45, 2.75) is 57.6 Å². The molecule has 2 N–H and O–H groups in total. The van der Waals surface area contributed by atoms with Crippen LogP contribution < -0.4 is 10.6 Å². The average molecular weight is 373 g/mol. The number of hydrogen-bond donors (Lipinski definition) is 2. The molecule has 0 saturated carbocycles. The van der Waals surface area contributed by atoms with E-state index in [0.717, 1.165) is 45.0 Å². The molecule has 1 aromatic carbocycles. The van der Waals surface area contributed by atoms with E-state index in [1.54, 1.807) is 0 Å². The van der Waals surface area contributed by atoms with Crippen molar-refractivity contribution in [1.29, 1.82) is 0 Å². The Balaban J connectivity index is 1.32. The lowest BCUT2D eigenvalue weighted by Crippen LogP contribution is -2.51. The molecule has 2 aliphatic heterocycles.